The number of ether oxygens (including phenoxy) is 1. The number of morpholine rings is 1. The molecule has 0 saturated carbocycles. The smallest absolute Gasteiger partial charge is 0.366 e. The minimum Gasteiger partial charge on any atom is -0.366 e. The highest BCUT2D eigenvalue weighted by atomic mass is 19.4. The zero-order chi connectivity index (χ0) is 14.8. The Morgan fingerprint density at radius 3 is 2.85 bits per heavy atom. The van der Waals surface area contributed by atoms with Gasteiger partial charge < -0.3 is 14.6 Å². The van der Waals surface area contributed by atoms with Gasteiger partial charge in [-0.3, -0.25) is 4.90 Å². The third-order valence-corrected chi connectivity index (χ3v) is 3.16. The van der Waals surface area contributed by atoms with Gasteiger partial charge in [0.1, 0.15) is 12.3 Å². The van der Waals surface area contributed by atoms with E-state index in [9.17, 15) is 23.1 Å². The van der Waals surface area contributed by atoms with Crippen molar-refractivity contribution in [3.8, 4) is 0 Å². The van der Waals surface area contributed by atoms with Gasteiger partial charge in [0.2, 0.25) is 0 Å². The Balaban J connectivity index is 2.15. The van der Waals surface area contributed by atoms with Crippen LogP contribution in [0.4, 0.5) is 13.2 Å². The molecular formula is C13H14F3NO3. The van der Waals surface area contributed by atoms with Gasteiger partial charge in [-0.15, -0.1) is 0 Å². The largest absolute Gasteiger partial charge is 0.416 e. The van der Waals surface area contributed by atoms with Gasteiger partial charge in [-0.1, -0.05) is 18.2 Å². The van der Waals surface area contributed by atoms with Crippen molar-refractivity contribution in [3.05, 3.63) is 35.4 Å². The van der Waals surface area contributed by atoms with Gasteiger partial charge in [-0.05, 0) is 11.6 Å². The SMILES string of the molecule is O=CC1C(O)OCCN1Cc1cccc(C(F)(F)F)c1. The van der Waals surface area contributed by atoms with E-state index in [1.165, 1.54) is 6.07 Å². The minimum atomic E-state index is -4.40. The van der Waals surface area contributed by atoms with Crippen molar-refractivity contribution in [2.24, 2.45) is 0 Å². The van der Waals surface area contributed by atoms with Crippen molar-refractivity contribution < 1.29 is 27.8 Å². The van der Waals surface area contributed by atoms with Crippen LogP contribution >= 0.6 is 0 Å². The fourth-order valence-corrected chi connectivity index (χ4v) is 2.14. The number of aliphatic hydroxyl groups is 1. The predicted molar refractivity (Wildman–Crippen MR) is 63.7 cm³/mol. The normalized spacial score (nSPS) is 24.6. The van der Waals surface area contributed by atoms with Crippen LogP contribution in [0.1, 0.15) is 11.1 Å². The molecule has 110 valence electrons. The Hall–Kier alpha value is -1.44. The monoisotopic (exact) mass is 289 g/mol. The number of benzene rings is 1. The highest BCUT2D eigenvalue weighted by Gasteiger charge is 2.32. The molecule has 4 nitrogen and oxygen atoms in total. The number of nitrogens with zero attached hydrogens (tertiary/aromatic N) is 1. The molecule has 20 heavy (non-hydrogen) atoms. The summed E-state index contributed by atoms with van der Waals surface area (Å²) in [5.74, 6) is 0. The molecule has 0 aromatic heterocycles. The lowest BCUT2D eigenvalue weighted by Crippen LogP contribution is -2.51. The second-order valence-corrected chi connectivity index (χ2v) is 4.56. The lowest BCUT2D eigenvalue weighted by molar-refractivity contribution is -0.180. The number of alkyl halides is 3. The molecule has 7 heteroatoms. The number of rotatable bonds is 3. The molecule has 1 heterocycles. The summed E-state index contributed by atoms with van der Waals surface area (Å²) in [6.07, 6.45) is -5.10. The molecule has 0 bridgehead atoms. The molecule has 1 aromatic rings. The van der Waals surface area contributed by atoms with E-state index in [1.54, 1.807) is 11.0 Å². The second-order valence-electron chi connectivity index (χ2n) is 4.56. The summed E-state index contributed by atoms with van der Waals surface area (Å²) in [6, 6.07) is 4.06. The molecule has 0 spiro atoms. The number of hydrogen-bond acceptors (Lipinski definition) is 4. The highest BCUT2D eigenvalue weighted by molar-refractivity contribution is 5.58. The third kappa shape index (κ3) is 3.36. The van der Waals surface area contributed by atoms with Gasteiger partial charge in [0, 0.05) is 13.1 Å². The quantitative estimate of drug-likeness (QED) is 0.855. The van der Waals surface area contributed by atoms with E-state index in [0.29, 0.717) is 18.4 Å². The van der Waals surface area contributed by atoms with Crippen LogP contribution in [-0.2, 0) is 22.3 Å². The summed E-state index contributed by atoms with van der Waals surface area (Å²) in [6.45, 7) is 0.745. The number of aliphatic hydroxyl groups excluding tert-OH is 1. The molecule has 2 atom stereocenters. The van der Waals surface area contributed by atoms with Crippen LogP contribution in [0.3, 0.4) is 0 Å². The third-order valence-electron chi connectivity index (χ3n) is 3.16. The van der Waals surface area contributed by atoms with Crippen molar-refractivity contribution in [2.75, 3.05) is 13.2 Å². The van der Waals surface area contributed by atoms with Crippen LogP contribution in [0.15, 0.2) is 24.3 Å². The molecule has 2 unspecified atom stereocenters. The molecule has 0 aliphatic carbocycles. The summed E-state index contributed by atoms with van der Waals surface area (Å²) in [7, 11) is 0. The molecule has 1 N–H and O–H groups in total. The minimum absolute atomic E-state index is 0.147. The maximum Gasteiger partial charge on any atom is 0.416 e. The fraction of sp³-hybridized carbons (Fsp3) is 0.462. The molecular weight excluding hydrogens is 275 g/mol. The number of carbonyl (C=O) groups excluding carboxylic acids is 1. The van der Waals surface area contributed by atoms with E-state index >= 15 is 0 Å². The van der Waals surface area contributed by atoms with Gasteiger partial charge >= 0.3 is 6.18 Å². The second kappa shape index (κ2) is 5.90. The molecule has 1 aliphatic rings. The first-order chi connectivity index (χ1) is 9.41. The van der Waals surface area contributed by atoms with Gasteiger partial charge in [0.25, 0.3) is 0 Å². The number of carbonyl (C=O) groups is 1. The lowest BCUT2D eigenvalue weighted by atomic mass is 10.1. The van der Waals surface area contributed by atoms with Gasteiger partial charge in [-0.2, -0.15) is 13.2 Å². The average molecular weight is 289 g/mol. The first-order valence-electron chi connectivity index (χ1n) is 6.07. The molecule has 2 rings (SSSR count). The first kappa shape index (κ1) is 15.0. The van der Waals surface area contributed by atoms with Crippen molar-refractivity contribution in [1.29, 1.82) is 0 Å². The van der Waals surface area contributed by atoms with Crippen LogP contribution in [0.25, 0.3) is 0 Å². The van der Waals surface area contributed by atoms with Gasteiger partial charge in [0.15, 0.2) is 6.29 Å². The highest BCUT2D eigenvalue weighted by Crippen LogP contribution is 2.30. The number of aldehydes is 1. The van der Waals surface area contributed by atoms with Crippen LogP contribution in [0.2, 0.25) is 0 Å². The van der Waals surface area contributed by atoms with Crippen LogP contribution < -0.4 is 0 Å². The Morgan fingerprint density at radius 1 is 1.45 bits per heavy atom. The predicted octanol–water partition coefficient (Wildman–Crippen LogP) is 1.42. The van der Waals surface area contributed by atoms with E-state index in [0.717, 1.165) is 12.1 Å². The molecule has 1 aromatic carbocycles. The molecule has 1 aliphatic heterocycles. The summed E-state index contributed by atoms with van der Waals surface area (Å²) in [4.78, 5) is 12.5. The molecule has 1 saturated heterocycles. The molecule has 0 radical (unpaired) electrons. The maximum absolute atomic E-state index is 12.6. The van der Waals surface area contributed by atoms with E-state index in [1.807, 2.05) is 0 Å². The number of hydrogen-bond donors (Lipinski definition) is 1. The van der Waals surface area contributed by atoms with E-state index < -0.39 is 24.1 Å². The van der Waals surface area contributed by atoms with Gasteiger partial charge in [0.05, 0.1) is 12.2 Å². The summed E-state index contributed by atoms with van der Waals surface area (Å²) in [5, 5.41) is 9.53. The summed E-state index contributed by atoms with van der Waals surface area (Å²) < 4.78 is 42.8. The fourth-order valence-electron chi connectivity index (χ4n) is 2.14. The number of halogens is 3. The maximum atomic E-state index is 12.6. The van der Waals surface area contributed by atoms with E-state index in [4.69, 9.17) is 4.74 Å². The van der Waals surface area contributed by atoms with Crippen LogP contribution in [0.5, 0.6) is 0 Å². The average Bonchev–Trinajstić information content (AvgIpc) is 2.38. The van der Waals surface area contributed by atoms with Crippen molar-refractivity contribution >= 4 is 6.29 Å². The Morgan fingerprint density at radius 2 is 2.20 bits per heavy atom. The van der Waals surface area contributed by atoms with Crippen LogP contribution in [0, 0.1) is 0 Å². The zero-order valence-corrected chi connectivity index (χ0v) is 10.5. The topological polar surface area (TPSA) is 49.8 Å². The summed E-state index contributed by atoms with van der Waals surface area (Å²) >= 11 is 0. The molecule has 0 amide bonds. The first-order valence-corrected chi connectivity index (χ1v) is 6.07. The van der Waals surface area contributed by atoms with Crippen molar-refractivity contribution in [2.45, 2.75) is 25.1 Å². The Bertz CT molecular complexity index is 478. The van der Waals surface area contributed by atoms with Crippen molar-refractivity contribution in [1.82, 2.24) is 4.90 Å². The Kier molecular flexibility index (Phi) is 4.42. The van der Waals surface area contributed by atoms with E-state index in [-0.39, 0.29) is 13.2 Å². The lowest BCUT2D eigenvalue weighted by Gasteiger charge is -2.35. The van der Waals surface area contributed by atoms with Gasteiger partial charge in [-0.25, -0.2) is 0 Å². The standard InChI is InChI=1S/C13H14F3NO3/c14-13(15,16)10-3-1-2-9(6-10)7-17-4-5-20-12(19)11(17)8-18/h1-3,6,8,11-12,19H,4-5,7H2. The summed E-state index contributed by atoms with van der Waals surface area (Å²) in [5.41, 5.74) is -0.299. The van der Waals surface area contributed by atoms with Crippen molar-refractivity contribution in [3.63, 3.8) is 0 Å². The molecule has 1 fully saturated rings. The Labute approximate surface area is 113 Å². The van der Waals surface area contributed by atoms with E-state index in [2.05, 4.69) is 0 Å². The van der Waals surface area contributed by atoms with Crippen LogP contribution in [-0.4, -0.2) is 41.8 Å². The zero-order valence-electron chi connectivity index (χ0n) is 10.5.